The molecule has 1 aromatic carbocycles. The lowest BCUT2D eigenvalue weighted by Crippen LogP contribution is -2.22. The highest BCUT2D eigenvalue weighted by Crippen LogP contribution is 2.27. The van der Waals surface area contributed by atoms with Crippen LogP contribution in [-0.4, -0.2) is 24.2 Å². The highest BCUT2D eigenvalue weighted by atomic mass is 35.5. The Hall–Kier alpha value is -1.74. The summed E-state index contributed by atoms with van der Waals surface area (Å²) in [6.45, 7) is 7.30. The van der Waals surface area contributed by atoms with Crippen LogP contribution in [0.3, 0.4) is 0 Å². The Morgan fingerprint density at radius 2 is 2.28 bits per heavy atom. The molecule has 0 fully saturated rings. The number of nitrogens with zero attached hydrogens (tertiary/aromatic N) is 1. The minimum Gasteiger partial charge on any atom is -0.478 e. The van der Waals surface area contributed by atoms with E-state index < -0.39 is 5.97 Å². The second-order valence-electron chi connectivity index (χ2n) is 3.71. The summed E-state index contributed by atoms with van der Waals surface area (Å²) in [5.74, 6) is -0.975. The second-order valence-corrected chi connectivity index (χ2v) is 4.12. The molecule has 0 aromatic heterocycles. The number of carboxylic acid groups (broad SMARTS) is 1. The number of carbonyl (C=O) groups is 1. The molecule has 18 heavy (non-hydrogen) atoms. The SMILES string of the molecule is C=CCN(CC)c1ccc(/C=C/C(=O)O)cc1Cl. The van der Waals surface area contributed by atoms with Gasteiger partial charge in [0.2, 0.25) is 0 Å². The van der Waals surface area contributed by atoms with Crippen LogP contribution in [0.1, 0.15) is 12.5 Å². The molecule has 0 aliphatic carbocycles. The van der Waals surface area contributed by atoms with E-state index in [2.05, 4.69) is 11.5 Å². The average molecular weight is 266 g/mol. The monoisotopic (exact) mass is 265 g/mol. The van der Waals surface area contributed by atoms with E-state index in [-0.39, 0.29) is 0 Å². The molecule has 0 saturated heterocycles. The third-order valence-electron chi connectivity index (χ3n) is 2.46. The van der Waals surface area contributed by atoms with Gasteiger partial charge in [0.05, 0.1) is 10.7 Å². The van der Waals surface area contributed by atoms with E-state index >= 15 is 0 Å². The summed E-state index contributed by atoms with van der Waals surface area (Å²) in [5, 5.41) is 9.16. The zero-order valence-corrected chi connectivity index (χ0v) is 11.0. The van der Waals surface area contributed by atoms with Crippen LogP contribution in [0.4, 0.5) is 5.69 Å². The highest BCUT2D eigenvalue weighted by molar-refractivity contribution is 6.33. The first-order valence-corrected chi connectivity index (χ1v) is 6.02. The molecule has 1 aromatic rings. The van der Waals surface area contributed by atoms with Gasteiger partial charge >= 0.3 is 5.97 Å². The third-order valence-corrected chi connectivity index (χ3v) is 2.76. The van der Waals surface area contributed by atoms with Crippen LogP contribution < -0.4 is 4.90 Å². The van der Waals surface area contributed by atoms with Crippen LogP contribution in [0.15, 0.2) is 36.9 Å². The van der Waals surface area contributed by atoms with E-state index in [0.717, 1.165) is 30.4 Å². The lowest BCUT2D eigenvalue weighted by atomic mass is 10.1. The molecule has 96 valence electrons. The maximum atomic E-state index is 10.4. The van der Waals surface area contributed by atoms with Crippen molar-refractivity contribution in [3.63, 3.8) is 0 Å². The Labute approximate surface area is 112 Å². The Balaban J connectivity index is 2.97. The minimum atomic E-state index is -0.975. The normalized spacial score (nSPS) is 10.6. The fourth-order valence-electron chi connectivity index (χ4n) is 1.60. The molecule has 0 aliphatic heterocycles. The molecule has 0 spiro atoms. The van der Waals surface area contributed by atoms with E-state index in [9.17, 15) is 4.79 Å². The molecule has 0 saturated carbocycles. The molecule has 3 nitrogen and oxygen atoms in total. The van der Waals surface area contributed by atoms with Gasteiger partial charge < -0.3 is 10.0 Å². The molecule has 0 atom stereocenters. The first-order chi connectivity index (χ1) is 8.58. The number of aliphatic carboxylic acids is 1. The van der Waals surface area contributed by atoms with Gasteiger partial charge in [0, 0.05) is 19.2 Å². The summed E-state index contributed by atoms with van der Waals surface area (Å²) in [7, 11) is 0. The van der Waals surface area contributed by atoms with E-state index in [1.54, 1.807) is 6.07 Å². The molecular weight excluding hydrogens is 250 g/mol. The van der Waals surface area contributed by atoms with Gasteiger partial charge in [-0.3, -0.25) is 0 Å². The van der Waals surface area contributed by atoms with Crippen molar-refractivity contribution < 1.29 is 9.90 Å². The Bertz CT molecular complexity index is 469. The predicted molar refractivity (Wildman–Crippen MR) is 76.2 cm³/mol. The van der Waals surface area contributed by atoms with Crippen molar-refractivity contribution in [2.24, 2.45) is 0 Å². The van der Waals surface area contributed by atoms with Crippen molar-refractivity contribution >= 4 is 29.3 Å². The minimum absolute atomic E-state index is 0.603. The molecule has 1 rings (SSSR count). The molecule has 0 unspecified atom stereocenters. The maximum absolute atomic E-state index is 10.4. The highest BCUT2D eigenvalue weighted by Gasteiger charge is 2.07. The first-order valence-electron chi connectivity index (χ1n) is 5.65. The largest absolute Gasteiger partial charge is 0.478 e. The van der Waals surface area contributed by atoms with Crippen molar-refractivity contribution in [1.82, 2.24) is 0 Å². The van der Waals surface area contributed by atoms with Gasteiger partial charge in [-0.1, -0.05) is 23.7 Å². The summed E-state index contributed by atoms with van der Waals surface area (Å²) in [6.07, 6.45) is 4.42. The number of halogens is 1. The summed E-state index contributed by atoms with van der Waals surface area (Å²) in [6, 6.07) is 5.48. The topological polar surface area (TPSA) is 40.5 Å². The fraction of sp³-hybridized carbons (Fsp3) is 0.214. The van der Waals surface area contributed by atoms with Crippen molar-refractivity contribution in [1.29, 1.82) is 0 Å². The van der Waals surface area contributed by atoms with Gasteiger partial charge in [-0.15, -0.1) is 6.58 Å². The van der Waals surface area contributed by atoms with Crippen LogP contribution in [0.2, 0.25) is 5.02 Å². The van der Waals surface area contributed by atoms with Crippen LogP contribution in [0.25, 0.3) is 6.08 Å². The lowest BCUT2D eigenvalue weighted by molar-refractivity contribution is -0.131. The lowest BCUT2D eigenvalue weighted by Gasteiger charge is -2.22. The first kappa shape index (κ1) is 14.3. The number of hydrogen-bond acceptors (Lipinski definition) is 2. The molecule has 1 N–H and O–H groups in total. The van der Waals surface area contributed by atoms with Crippen LogP contribution >= 0.6 is 11.6 Å². The molecule has 0 radical (unpaired) electrons. The smallest absolute Gasteiger partial charge is 0.328 e. The number of carboxylic acids is 1. The Morgan fingerprint density at radius 1 is 1.56 bits per heavy atom. The van der Waals surface area contributed by atoms with E-state index in [1.807, 2.05) is 25.1 Å². The number of anilines is 1. The van der Waals surface area contributed by atoms with Gasteiger partial charge in [0.25, 0.3) is 0 Å². The van der Waals surface area contributed by atoms with E-state index in [4.69, 9.17) is 16.7 Å². The summed E-state index contributed by atoms with van der Waals surface area (Å²) < 4.78 is 0. The number of hydrogen-bond donors (Lipinski definition) is 1. The van der Waals surface area contributed by atoms with Crippen molar-refractivity contribution in [3.05, 3.63) is 47.5 Å². The van der Waals surface area contributed by atoms with Crippen molar-refractivity contribution in [2.45, 2.75) is 6.92 Å². The van der Waals surface area contributed by atoms with Gasteiger partial charge in [-0.25, -0.2) is 4.79 Å². The van der Waals surface area contributed by atoms with E-state index in [0.29, 0.717) is 5.02 Å². The maximum Gasteiger partial charge on any atom is 0.328 e. The predicted octanol–water partition coefficient (Wildman–Crippen LogP) is 3.45. The molecule has 0 bridgehead atoms. The van der Waals surface area contributed by atoms with Crippen molar-refractivity contribution in [3.8, 4) is 0 Å². The van der Waals surface area contributed by atoms with E-state index in [1.165, 1.54) is 6.08 Å². The standard InChI is InChI=1S/C14H16ClNO2/c1-3-9-16(4-2)13-7-5-11(10-12(13)15)6-8-14(17)18/h3,5-8,10H,1,4,9H2,2H3,(H,17,18)/b8-6+. The van der Waals surface area contributed by atoms with Crippen LogP contribution in [-0.2, 0) is 4.79 Å². The average Bonchev–Trinajstić information content (AvgIpc) is 2.34. The van der Waals surface area contributed by atoms with Crippen LogP contribution in [0.5, 0.6) is 0 Å². The van der Waals surface area contributed by atoms with Gasteiger partial charge in [-0.05, 0) is 30.7 Å². The molecule has 0 heterocycles. The summed E-state index contributed by atoms with van der Waals surface area (Å²) >= 11 is 6.20. The molecular formula is C14H16ClNO2. The molecule has 0 aliphatic rings. The summed E-state index contributed by atoms with van der Waals surface area (Å²) in [4.78, 5) is 12.5. The molecule has 4 heteroatoms. The number of likely N-dealkylation sites (N-methyl/N-ethyl adjacent to an activating group) is 1. The Kier molecular flexibility index (Phi) is 5.46. The zero-order valence-electron chi connectivity index (χ0n) is 10.3. The number of benzene rings is 1. The zero-order chi connectivity index (χ0) is 13.5. The number of rotatable bonds is 6. The van der Waals surface area contributed by atoms with Gasteiger partial charge in [-0.2, -0.15) is 0 Å². The fourth-order valence-corrected chi connectivity index (χ4v) is 1.91. The third kappa shape index (κ3) is 3.93. The Morgan fingerprint density at radius 3 is 2.78 bits per heavy atom. The van der Waals surface area contributed by atoms with Crippen LogP contribution in [0, 0.1) is 0 Å². The second kappa shape index (κ2) is 6.87. The van der Waals surface area contributed by atoms with Gasteiger partial charge in [0.1, 0.15) is 0 Å². The van der Waals surface area contributed by atoms with Gasteiger partial charge in [0.15, 0.2) is 0 Å². The van der Waals surface area contributed by atoms with Crippen molar-refractivity contribution in [2.75, 3.05) is 18.0 Å². The quantitative estimate of drug-likeness (QED) is 0.633. The summed E-state index contributed by atoms with van der Waals surface area (Å²) in [5.41, 5.74) is 1.69. The molecule has 0 amide bonds.